The second kappa shape index (κ2) is 6.63. The van der Waals surface area contributed by atoms with Gasteiger partial charge in [0, 0.05) is 41.4 Å². The van der Waals surface area contributed by atoms with Gasteiger partial charge in [-0.25, -0.2) is 0 Å². The summed E-state index contributed by atoms with van der Waals surface area (Å²) in [6.07, 6.45) is 4.50. The Morgan fingerprint density at radius 3 is 2.71 bits per heavy atom. The SMILES string of the molecule is CCCCn1nc(-c2ccc(Cl)cc2)c2c1CCNCC2. The van der Waals surface area contributed by atoms with Gasteiger partial charge in [0.05, 0.1) is 5.69 Å². The number of benzene rings is 1. The molecule has 0 saturated carbocycles. The van der Waals surface area contributed by atoms with Gasteiger partial charge in [-0.2, -0.15) is 5.10 Å². The van der Waals surface area contributed by atoms with Gasteiger partial charge in [0.25, 0.3) is 0 Å². The Labute approximate surface area is 131 Å². The summed E-state index contributed by atoms with van der Waals surface area (Å²) in [5.74, 6) is 0. The lowest BCUT2D eigenvalue weighted by atomic mass is 10.0. The standard InChI is InChI=1S/C17H22ClN3/c1-2-3-12-21-16-9-11-19-10-8-15(16)17(20-21)13-4-6-14(18)7-5-13/h4-7,19H,2-3,8-12H2,1H3. The summed E-state index contributed by atoms with van der Waals surface area (Å²) in [7, 11) is 0. The largest absolute Gasteiger partial charge is 0.316 e. The van der Waals surface area contributed by atoms with Crippen LogP contribution in [0.15, 0.2) is 24.3 Å². The maximum atomic E-state index is 6.01. The molecule has 0 amide bonds. The van der Waals surface area contributed by atoms with Gasteiger partial charge >= 0.3 is 0 Å². The molecule has 2 heterocycles. The monoisotopic (exact) mass is 303 g/mol. The fraction of sp³-hybridized carbons (Fsp3) is 0.471. The normalized spacial score (nSPS) is 14.8. The van der Waals surface area contributed by atoms with Crippen molar-refractivity contribution in [3.8, 4) is 11.3 Å². The van der Waals surface area contributed by atoms with E-state index in [0.717, 1.165) is 43.2 Å². The lowest BCUT2D eigenvalue weighted by Crippen LogP contribution is -2.17. The van der Waals surface area contributed by atoms with Gasteiger partial charge < -0.3 is 5.32 Å². The molecule has 1 aromatic carbocycles. The molecular weight excluding hydrogens is 282 g/mol. The van der Waals surface area contributed by atoms with Gasteiger partial charge in [-0.3, -0.25) is 4.68 Å². The Kier molecular flexibility index (Phi) is 4.61. The molecule has 112 valence electrons. The number of aromatic nitrogens is 2. The Balaban J connectivity index is 2.02. The van der Waals surface area contributed by atoms with Crippen molar-refractivity contribution in [2.45, 2.75) is 39.2 Å². The van der Waals surface area contributed by atoms with Gasteiger partial charge in [0.2, 0.25) is 0 Å². The van der Waals surface area contributed by atoms with Gasteiger partial charge in [-0.1, -0.05) is 37.1 Å². The van der Waals surface area contributed by atoms with Crippen LogP contribution < -0.4 is 5.32 Å². The van der Waals surface area contributed by atoms with E-state index in [-0.39, 0.29) is 0 Å². The van der Waals surface area contributed by atoms with E-state index in [0.29, 0.717) is 0 Å². The predicted octanol–water partition coefficient (Wildman–Crippen LogP) is 3.69. The highest BCUT2D eigenvalue weighted by atomic mass is 35.5. The Bertz CT molecular complexity index is 601. The van der Waals surface area contributed by atoms with Crippen LogP contribution in [0.3, 0.4) is 0 Å². The molecule has 3 rings (SSSR count). The van der Waals surface area contributed by atoms with Crippen LogP contribution in [0.2, 0.25) is 5.02 Å². The highest BCUT2D eigenvalue weighted by molar-refractivity contribution is 6.30. The van der Waals surface area contributed by atoms with E-state index in [2.05, 4.69) is 29.1 Å². The van der Waals surface area contributed by atoms with E-state index in [4.69, 9.17) is 16.7 Å². The van der Waals surface area contributed by atoms with Crippen molar-refractivity contribution in [3.63, 3.8) is 0 Å². The predicted molar refractivity (Wildman–Crippen MR) is 87.9 cm³/mol. The lowest BCUT2D eigenvalue weighted by Gasteiger charge is -2.06. The van der Waals surface area contributed by atoms with Crippen LogP contribution in [0.4, 0.5) is 0 Å². The summed E-state index contributed by atoms with van der Waals surface area (Å²) >= 11 is 6.01. The second-order valence-corrected chi connectivity index (χ2v) is 6.04. The molecule has 2 aromatic rings. The molecule has 1 aliphatic rings. The summed E-state index contributed by atoms with van der Waals surface area (Å²) in [4.78, 5) is 0. The third kappa shape index (κ3) is 3.14. The third-order valence-electron chi connectivity index (χ3n) is 4.10. The number of hydrogen-bond acceptors (Lipinski definition) is 2. The van der Waals surface area contributed by atoms with E-state index in [1.54, 1.807) is 0 Å². The number of halogens is 1. The minimum atomic E-state index is 0.775. The number of fused-ring (bicyclic) bond motifs is 1. The highest BCUT2D eigenvalue weighted by Crippen LogP contribution is 2.28. The molecule has 0 saturated heterocycles. The second-order valence-electron chi connectivity index (χ2n) is 5.61. The van der Waals surface area contributed by atoms with Crippen molar-refractivity contribution >= 4 is 11.6 Å². The van der Waals surface area contributed by atoms with E-state index < -0.39 is 0 Å². The third-order valence-corrected chi connectivity index (χ3v) is 4.35. The molecule has 0 atom stereocenters. The maximum absolute atomic E-state index is 6.01. The molecule has 0 unspecified atom stereocenters. The van der Waals surface area contributed by atoms with Crippen LogP contribution in [0.1, 0.15) is 31.0 Å². The van der Waals surface area contributed by atoms with E-state index >= 15 is 0 Å². The van der Waals surface area contributed by atoms with E-state index in [1.165, 1.54) is 29.7 Å². The number of unbranched alkanes of at least 4 members (excludes halogenated alkanes) is 1. The fourth-order valence-electron chi connectivity index (χ4n) is 2.95. The van der Waals surface area contributed by atoms with Gasteiger partial charge in [-0.05, 0) is 31.5 Å². The fourth-order valence-corrected chi connectivity index (χ4v) is 3.08. The van der Waals surface area contributed by atoms with E-state index in [1.807, 2.05) is 12.1 Å². The molecule has 4 heteroatoms. The first-order valence-electron chi connectivity index (χ1n) is 7.85. The van der Waals surface area contributed by atoms with Crippen molar-refractivity contribution < 1.29 is 0 Å². The van der Waals surface area contributed by atoms with Gasteiger partial charge in [0.15, 0.2) is 0 Å². The molecule has 3 nitrogen and oxygen atoms in total. The van der Waals surface area contributed by atoms with Crippen molar-refractivity contribution in [1.29, 1.82) is 0 Å². The van der Waals surface area contributed by atoms with Crippen LogP contribution in [-0.2, 0) is 19.4 Å². The van der Waals surface area contributed by atoms with Gasteiger partial charge in [-0.15, -0.1) is 0 Å². The Morgan fingerprint density at radius 2 is 1.95 bits per heavy atom. The summed E-state index contributed by atoms with van der Waals surface area (Å²) in [5, 5.41) is 9.18. The minimum Gasteiger partial charge on any atom is -0.316 e. The molecule has 21 heavy (non-hydrogen) atoms. The summed E-state index contributed by atoms with van der Waals surface area (Å²) in [6.45, 7) is 5.33. The first-order chi connectivity index (χ1) is 10.3. The molecule has 0 radical (unpaired) electrons. The van der Waals surface area contributed by atoms with Crippen molar-refractivity contribution in [2.75, 3.05) is 13.1 Å². The molecule has 1 aliphatic heterocycles. The topological polar surface area (TPSA) is 29.9 Å². The van der Waals surface area contributed by atoms with Crippen LogP contribution in [0, 0.1) is 0 Å². The smallest absolute Gasteiger partial charge is 0.0958 e. The summed E-state index contributed by atoms with van der Waals surface area (Å²) in [5.41, 5.74) is 5.14. The van der Waals surface area contributed by atoms with E-state index in [9.17, 15) is 0 Å². The molecule has 0 spiro atoms. The minimum absolute atomic E-state index is 0.775. The number of aryl methyl sites for hydroxylation is 1. The lowest BCUT2D eigenvalue weighted by molar-refractivity contribution is 0.546. The van der Waals surface area contributed by atoms with Crippen molar-refractivity contribution in [1.82, 2.24) is 15.1 Å². The summed E-state index contributed by atoms with van der Waals surface area (Å²) < 4.78 is 2.23. The van der Waals surface area contributed by atoms with Crippen molar-refractivity contribution in [2.24, 2.45) is 0 Å². The zero-order valence-corrected chi connectivity index (χ0v) is 13.3. The number of nitrogens with one attached hydrogen (secondary N) is 1. The highest BCUT2D eigenvalue weighted by Gasteiger charge is 2.20. The molecule has 1 N–H and O–H groups in total. The first-order valence-corrected chi connectivity index (χ1v) is 8.22. The molecule has 1 aromatic heterocycles. The quantitative estimate of drug-likeness (QED) is 0.933. The number of rotatable bonds is 4. The maximum Gasteiger partial charge on any atom is 0.0958 e. The molecule has 0 bridgehead atoms. The summed E-state index contributed by atoms with van der Waals surface area (Å²) in [6, 6.07) is 8.05. The average molecular weight is 304 g/mol. The number of nitrogens with zero attached hydrogens (tertiary/aromatic N) is 2. The van der Waals surface area contributed by atoms with Crippen LogP contribution in [-0.4, -0.2) is 22.9 Å². The van der Waals surface area contributed by atoms with Crippen LogP contribution in [0.25, 0.3) is 11.3 Å². The first kappa shape index (κ1) is 14.6. The van der Waals surface area contributed by atoms with Crippen molar-refractivity contribution in [3.05, 3.63) is 40.5 Å². The Morgan fingerprint density at radius 1 is 1.19 bits per heavy atom. The zero-order valence-electron chi connectivity index (χ0n) is 12.5. The number of hydrogen-bond donors (Lipinski definition) is 1. The molecule has 0 aliphatic carbocycles. The van der Waals surface area contributed by atoms with Crippen LogP contribution in [0.5, 0.6) is 0 Å². The van der Waals surface area contributed by atoms with Crippen LogP contribution >= 0.6 is 11.6 Å². The molecular formula is C17H22ClN3. The molecule has 0 fully saturated rings. The van der Waals surface area contributed by atoms with Gasteiger partial charge in [0.1, 0.15) is 0 Å². The zero-order chi connectivity index (χ0) is 14.7. The average Bonchev–Trinajstić information content (AvgIpc) is 2.68. The Hall–Kier alpha value is -1.32.